The maximum Gasteiger partial charge on any atom is 0.275 e. The number of carbonyl (C=O) groups excluding carboxylic acids is 1. The predicted octanol–water partition coefficient (Wildman–Crippen LogP) is 5.67. The molecule has 0 unspecified atom stereocenters. The van der Waals surface area contributed by atoms with Crippen LogP contribution in [0.4, 0.5) is 0 Å². The van der Waals surface area contributed by atoms with Crippen molar-refractivity contribution in [2.24, 2.45) is 5.84 Å². The Morgan fingerprint density at radius 1 is 1.00 bits per heavy atom. The third-order valence-electron chi connectivity index (χ3n) is 4.04. The van der Waals surface area contributed by atoms with Gasteiger partial charge in [-0.3, -0.25) is 15.2 Å². The van der Waals surface area contributed by atoms with Crippen molar-refractivity contribution >= 4 is 50.5 Å². The number of nitrogens with two attached hydrogens (primary N) is 1. The van der Waals surface area contributed by atoms with Gasteiger partial charge in [0.25, 0.3) is 5.91 Å². The van der Waals surface area contributed by atoms with Crippen LogP contribution in [0.2, 0.25) is 10.0 Å². The van der Waals surface area contributed by atoms with E-state index >= 15 is 0 Å². The van der Waals surface area contributed by atoms with Crippen molar-refractivity contribution < 1.29 is 9.53 Å². The summed E-state index contributed by atoms with van der Waals surface area (Å²) in [7, 11) is 0. The van der Waals surface area contributed by atoms with Gasteiger partial charge in [0.1, 0.15) is 5.75 Å². The lowest BCUT2D eigenvalue weighted by atomic mass is 10.1. The van der Waals surface area contributed by atoms with Crippen LogP contribution in [0.25, 0.3) is 21.2 Å². The van der Waals surface area contributed by atoms with Crippen LogP contribution >= 0.6 is 34.5 Å². The van der Waals surface area contributed by atoms with E-state index in [0.717, 1.165) is 21.2 Å². The molecule has 0 aliphatic rings. The van der Waals surface area contributed by atoms with Crippen LogP contribution in [-0.2, 0) is 0 Å². The van der Waals surface area contributed by atoms with Crippen LogP contribution in [0.1, 0.15) is 9.67 Å². The lowest BCUT2D eigenvalue weighted by Crippen LogP contribution is -2.29. The van der Waals surface area contributed by atoms with Crippen molar-refractivity contribution in [3.8, 4) is 22.6 Å². The molecule has 2 aromatic carbocycles. The summed E-state index contributed by atoms with van der Waals surface area (Å²) in [6.07, 6.45) is 3.30. The smallest absolute Gasteiger partial charge is 0.275 e. The van der Waals surface area contributed by atoms with Gasteiger partial charge < -0.3 is 4.74 Å². The number of nitrogen functional groups attached to an aromatic ring is 1. The molecule has 0 spiro atoms. The van der Waals surface area contributed by atoms with Crippen LogP contribution in [0.3, 0.4) is 0 Å². The molecule has 0 saturated carbocycles. The molecule has 0 bridgehead atoms. The summed E-state index contributed by atoms with van der Waals surface area (Å²) in [4.78, 5) is 16.4. The van der Waals surface area contributed by atoms with Gasteiger partial charge in [0.05, 0.1) is 15.8 Å². The fourth-order valence-corrected chi connectivity index (χ4v) is 4.24. The highest BCUT2D eigenvalue weighted by molar-refractivity contribution is 7.20. The van der Waals surface area contributed by atoms with Crippen LogP contribution in [0.5, 0.6) is 11.5 Å². The number of hydrazine groups is 1. The molecule has 28 heavy (non-hydrogen) atoms. The molecule has 2 heterocycles. The number of rotatable bonds is 4. The average Bonchev–Trinajstić information content (AvgIpc) is 3.12. The molecule has 0 fully saturated rings. The molecule has 0 radical (unpaired) electrons. The zero-order valence-electron chi connectivity index (χ0n) is 14.3. The topological polar surface area (TPSA) is 77.2 Å². The Kier molecular flexibility index (Phi) is 5.19. The normalized spacial score (nSPS) is 10.8. The lowest BCUT2D eigenvalue weighted by molar-refractivity contribution is 0.0958. The van der Waals surface area contributed by atoms with Crippen molar-refractivity contribution in [2.75, 3.05) is 0 Å². The van der Waals surface area contributed by atoms with Gasteiger partial charge >= 0.3 is 0 Å². The van der Waals surface area contributed by atoms with Gasteiger partial charge in [0.2, 0.25) is 0 Å². The van der Waals surface area contributed by atoms with Gasteiger partial charge in [-0.1, -0.05) is 35.3 Å². The first-order valence-electron chi connectivity index (χ1n) is 8.16. The number of halogens is 2. The number of aromatic nitrogens is 1. The molecular formula is C20H13Cl2N3O2S. The quantitative estimate of drug-likeness (QED) is 0.249. The summed E-state index contributed by atoms with van der Waals surface area (Å²) in [6, 6.07) is 14.7. The predicted molar refractivity (Wildman–Crippen MR) is 113 cm³/mol. The van der Waals surface area contributed by atoms with Crippen LogP contribution < -0.4 is 16.0 Å². The number of amides is 1. The molecule has 8 heteroatoms. The third-order valence-corrected chi connectivity index (χ3v) is 5.55. The van der Waals surface area contributed by atoms with Gasteiger partial charge in [-0.05, 0) is 47.5 Å². The Morgan fingerprint density at radius 2 is 1.71 bits per heavy atom. The van der Waals surface area contributed by atoms with E-state index in [1.54, 1.807) is 24.5 Å². The van der Waals surface area contributed by atoms with E-state index in [4.69, 9.17) is 33.8 Å². The van der Waals surface area contributed by atoms with E-state index in [2.05, 4.69) is 10.4 Å². The van der Waals surface area contributed by atoms with Crippen molar-refractivity contribution in [3.05, 3.63) is 75.8 Å². The maximum atomic E-state index is 11.8. The second-order valence-electron chi connectivity index (χ2n) is 5.92. The van der Waals surface area contributed by atoms with Crippen LogP contribution in [-0.4, -0.2) is 10.9 Å². The molecule has 2 aromatic heterocycles. The SMILES string of the molecule is NNC(=O)c1cc2c(Oc3ccc(-c4cc(Cl)cc(Cl)c4)cc3)cncc2s1. The molecular weight excluding hydrogens is 417 g/mol. The highest BCUT2D eigenvalue weighted by Crippen LogP contribution is 2.35. The second kappa shape index (κ2) is 7.77. The number of nitrogens with one attached hydrogen (secondary N) is 1. The second-order valence-corrected chi connectivity index (χ2v) is 7.87. The first-order valence-corrected chi connectivity index (χ1v) is 9.73. The largest absolute Gasteiger partial charge is 0.455 e. The minimum Gasteiger partial charge on any atom is -0.455 e. The number of fused-ring (bicyclic) bond motifs is 1. The lowest BCUT2D eigenvalue weighted by Gasteiger charge is -2.08. The minimum absolute atomic E-state index is 0.350. The van der Waals surface area contributed by atoms with Crippen molar-refractivity contribution in [1.29, 1.82) is 0 Å². The van der Waals surface area contributed by atoms with E-state index in [-0.39, 0.29) is 5.91 Å². The zero-order valence-corrected chi connectivity index (χ0v) is 16.6. The Hall–Kier alpha value is -2.64. The van der Waals surface area contributed by atoms with Gasteiger partial charge in [0, 0.05) is 21.6 Å². The summed E-state index contributed by atoms with van der Waals surface area (Å²) >= 11 is 13.5. The monoisotopic (exact) mass is 429 g/mol. The number of pyridine rings is 1. The van der Waals surface area contributed by atoms with Gasteiger partial charge in [-0.2, -0.15) is 0 Å². The van der Waals surface area contributed by atoms with E-state index in [1.165, 1.54) is 11.3 Å². The summed E-state index contributed by atoms with van der Waals surface area (Å²) in [5, 5.41) is 1.95. The number of hydrogen-bond acceptors (Lipinski definition) is 5. The molecule has 140 valence electrons. The summed E-state index contributed by atoms with van der Waals surface area (Å²) < 4.78 is 6.82. The molecule has 0 saturated heterocycles. The fraction of sp³-hybridized carbons (Fsp3) is 0. The van der Waals surface area contributed by atoms with E-state index in [1.807, 2.05) is 36.4 Å². The Balaban J connectivity index is 1.63. The molecule has 5 nitrogen and oxygen atoms in total. The maximum absolute atomic E-state index is 11.8. The Bertz CT molecular complexity index is 1160. The number of ether oxygens (including phenoxy) is 1. The summed E-state index contributed by atoms with van der Waals surface area (Å²) in [5.41, 5.74) is 4.02. The van der Waals surface area contributed by atoms with Crippen LogP contribution in [0, 0.1) is 0 Å². The first-order chi connectivity index (χ1) is 13.5. The number of hydrogen-bond donors (Lipinski definition) is 2. The average molecular weight is 430 g/mol. The third kappa shape index (κ3) is 3.81. The highest BCUT2D eigenvalue weighted by atomic mass is 35.5. The Morgan fingerprint density at radius 3 is 2.39 bits per heavy atom. The van der Waals surface area contributed by atoms with Crippen molar-refractivity contribution in [2.45, 2.75) is 0 Å². The molecule has 0 aliphatic carbocycles. The fourth-order valence-electron chi connectivity index (χ4n) is 2.76. The summed E-state index contributed by atoms with van der Waals surface area (Å²) in [5.74, 6) is 6.06. The Labute approximate surface area is 174 Å². The highest BCUT2D eigenvalue weighted by Gasteiger charge is 2.13. The number of benzene rings is 2. The first kappa shape index (κ1) is 18.7. The molecule has 1 amide bonds. The molecule has 3 N–H and O–H groups in total. The van der Waals surface area contributed by atoms with E-state index in [9.17, 15) is 4.79 Å². The van der Waals surface area contributed by atoms with Crippen LogP contribution in [0.15, 0.2) is 60.9 Å². The number of thiophene rings is 1. The van der Waals surface area contributed by atoms with E-state index < -0.39 is 0 Å². The van der Waals surface area contributed by atoms with Crippen molar-refractivity contribution in [3.63, 3.8) is 0 Å². The molecule has 4 aromatic rings. The molecule has 4 rings (SSSR count). The minimum atomic E-state index is -0.350. The number of nitrogens with zero attached hydrogens (tertiary/aromatic N) is 1. The van der Waals surface area contributed by atoms with Gasteiger partial charge in [0.15, 0.2) is 5.75 Å². The van der Waals surface area contributed by atoms with Gasteiger partial charge in [-0.15, -0.1) is 11.3 Å². The molecule has 0 aliphatic heterocycles. The zero-order chi connectivity index (χ0) is 19.7. The summed E-state index contributed by atoms with van der Waals surface area (Å²) in [6.45, 7) is 0. The number of carbonyl (C=O) groups is 1. The van der Waals surface area contributed by atoms with E-state index in [0.29, 0.717) is 26.4 Å². The van der Waals surface area contributed by atoms with Gasteiger partial charge in [-0.25, -0.2) is 5.84 Å². The molecule has 0 atom stereocenters. The van der Waals surface area contributed by atoms with Crippen molar-refractivity contribution in [1.82, 2.24) is 10.4 Å². The standard InChI is InChI=1S/C20H13Cl2N3O2S/c21-13-5-12(6-14(22)7-13)11-1-3-15(4-2-11)27-17-9-24-10-19-16(17)8-18(28-19)20(26)25-23/h1-10H,23H2,(H,25,26).